The molecule has 2 rings (SSSR count). The van der Waals surface area contributed by atoms with E-state index in [-0.39, 0.29) is 29.7 Å². The van der Waals surface area contributed by atoms with E-state index < -0.39 is 22.3 Å². The lowest BCUT2D eigenvalue weighted by atomic mass is 9.98. The van der Waals surface area contributed by atoms with Crippen molar-refractivity contribution >= 4 is 10.0 Å². The summed E-state index contributed by atoms with van der Waals surface area (Å²) < 4.78 is 45.2. The van der Waals surface area contributed by atoms with Crippen LogP contribution in [0.15, 0.2) is 17.0 Å². The van der Waals surface area contributed by atoms with Gasteiger partial charge in [0.05, 0.1) is 7.11 Å². The Bertz CT molecular complexity index is 650. The quantitative estimate of drug-likeness (QED) is 0.914. The first-order valence-corrected chi connectivity index (χ1v) is 8.63. The van der Waals surface area contributed by atoms with Crippen LogP contribution in [0, 0.1) is 6.92 Å². The van der Waals surface area contributed by atoms with Gasteiger partial charge in [-0.05, 0) is 36.1 Å². The molecule has 0 unspecified atom stereocenters. The third-order valence-electron chi connectivity index (χ3n) is 3.98. The maximum Gasteiger partial charge on any atom is 0.246 e. The van der Waals surface area contributed by atoms with Crippen molar-refractivity contribution in [2.75, 3.05) is 20.2 Å². The number of sulfonamides is 1. The molecule has 1 heterocycles. The van der Waals surface area contributed by atoms with Gasteiger partial charge < -0.3 is 9.84 Å². The third kappa shape index (κ3) is 2.98. The smallest absolute Gasteiger partial charge is 0.246 e. The van der Waals surface area contributed by atoms with Crippen molar-refractivity contribution in [3.05, 3.63) is 23.3 Å². The topological polar surface area (TPSA) is 66.8 Å². The predicted molar refractivity (Wildman–Crippen MR) is 81.5 cm³/mol. The van der Waals surface area contributed by atoms with Gasteiger partial charge in [0.15, 0.2) is 0 Å². The molecule has 0 saturated carbocycles. The number of alkyl halides is 1. The summed E-state index contributed by atoms with van der Waals surface area (Å²) in [4.78, 5) is 0.0191. The van der Waals surface area contributed by atoms with E-state index in [4.69, 9.17) is 4.74 Å². The summed E-state index contributed by atoms with van der Waals surface area (Å²) in [6.07, 6.45) is -2.84. The molecular weight excluding hydrogens is 309 g/mol. The van der Waals surface area contributed by atoms with Crippen molar-refractivity contribution in [1.82, 2.24) is 4.31 Å². The molecule has 1 fully saturated rings. The zero-order valence-electron chi connectivity index (χ0n) is 13.2. The molecule has 124 valence electrons. The van der Waals surface area contributed by atoms with Gasteiger partial charge in [-0.25, -0.2) is 12.8 Å². The SMILES string of the molecule is COc1cc(C)c(C(C)C)cc1S(=O)(=O)N1C[C@@H](O)[C@H](F)C1. The largest absolute Gasteiger partial charge is 0.495 e. The van der Waals surface area contributed by atoms with E-state index in [2.05, 4.69) is 0 Å². The first-order chi connectivity index (χ1) is 10.2. The summed E-state index contributed by atoms with van der Waals surface area (Å²) in [7, 11) is -2.51. The summed E-state index contributed by atoms with van der Waals surface area (Å²) in [5.41, 5.74) is 1.84. The first-order valence-electron chi connectivity index (χ1n) is 7.19. The summed E-state index contributed by atoms with van der Waals surface area (Å²) >= 11 is 0. The van der Waals surface area contributed by atoms with Crippen LogP contribution in [0.25, 0.3) is 0 Å². The predicted octanol–water partition coefficient (Wildman–Crippen LogP) is 1.83. The fraction of sp³-hybridized carbons (Fsp3) is 0.600. The molecular formula is C15H22FNO4S. The van der Waals surface area contributed by atoms with Crippen molar-refractivity contribution in [2.24, 2.45) is 0 Å². The van der Waals surface area contributed by atoms with Crippen LogP contribution in [0.3, 0.4) is 0 Å². The van der Waals surface area contributed by atoms with E-state index in [1.165, 1.54) is 7.11 Å². The maximum absolute atomic E-state index is 13.5. The second-order valence-electron chi connectivity index (χ2n) is 5.92. The average Bonchev–Trinajstić information content (AvgIpc) is 2.78. The molecule has 1 aromatic rings. The standard InChI is InChI=1S/C15H22FNO4S/c1-9(2)11-6-15(14(21-4)5-10(11)3)22(19,20)17-7-12(16)13(18)8-17/h5-6,9,12-13,18H,7-8H2,1-4H3/t12-,13-/m1/s1. The summed E-state index contributed by atoms with van der Waals surface area (Å²) in [5, 5.41) is 9.48. The van der Waals surface area contributed by atoms with Crippen LogP contribution >= 0.6 is 0 Å². The molecule has 2 atom stereocenters. The number of aliphatic hydroxyl groups excluding tert-OH is 1. The first kappa shape index (κ1) is 17.2. The van der Waals surface area contributed by atoms with Crippen LogP contribution in [0.1, 0.15) is 30.9 Å². The lowest BCUT2D eigenvalue weighted by Crippen LogP contribution is -2.30. The second-order valence-corrected chi connectivity index (χ2v) is 7.83. The van der Waals surface area contributed by atoms with Gasteiger partial charge in [-0.15, -0.1) is 0 Å². The Morgan fingerprint density at radius 2 is 2.00 bits per heavy atom. The van der Waals surface area contributed by atoms with Crippen LogP contribution < -0.4 is 4.74 Å². The van der Waals surface area contributed by atoms with Crippen LogP contribution in [-0.4, -0.2) is 50.3 Å². The Morgan fingerprint density at radius 1 is 1.36 bits per heavy atom. The number of aliphatic hydroxyl groups is 1. The van der Waals surface area contributed by atoms with Gasteiger partial charge >= 0.3 is 0 Å². The maximum atomic E-state index is 13.5. The average molecular weight is 331 g/mol. The molecule has 1 aliphatic heterocycles. The van der Waals surface area contributed by atoms with Crippen molar-refractivity contribution in [2.45, 2.75) is 43.9 Å². The number of halogens is 1. The molecule has 0 radical (unpaired) electrons. The fourth-order valence-corrected chi connectivity index (χ4v) is 4.35. The lowest BCUT2D eigenvalue weighted by molar-refractivity contribution is 0.117. The molecule has 1 aliphatic rings. The Hall–Kier alpha value is -1.18. The number of hydrogen-bond acceptors (Lipinski definition) is 4. The number of aryl methyl sites for hydroxylation is 1. The summed E-state index contributed by atoms with van der Waals surface area (Å²) in [6.45, 7) is 5.27. The normalized spacial score (nSPS) is 23.2. The van der Waals surface area contributed by atoms with E-state index >= 15 is 0 Å². The number of methoxy groups -OCH3 is 1. The Morgan fingerprint density at radius 3 is 2.45 bits per heavy atom. The molecule has 22 heavy (non-hydrogen) atoms. The molecule has 0 bridgehead atoms. The molecule has 0 amide bonds. The molecule has 0 aromatic heterocycles. The van der Waals surface area contributed by atoms with E-state index in [1.807, 2.05) is 20.8 Å². The molecule has 0 spiro atoms. The van der Waals surface area contributed by atoms with E-state index in [0.717, 1.165) is 15.4 Å². The highest BCUT2D eigenvalue weighted by molar-refractivity contribution is 7.89. The van der Waals surface area contributed by atoms with Gasteiger partial charge in [0.25, 0.3) is 0 Å². The molecule has 0 aliphatic carbocycles. The van der Waals surface area contributed by atoms with Crippen molar-refractivity contribution < 1.29 is 22.7 Å². The number of benzene rings is 1. The number of hydrogen-bond donors (Lipinski definition) is 1. The summed E-state index contributed by atoms with van der Waals surface area (Å²) in [5.74, 6) is 0.386. The molecule has 1 N–H and O–H groups in total. The summed E-state index contributed by atoms with van der Waals surface area (Å²) in [6, 6.07) is 3.27. The van der Waals surface area contributed by atoms with Crippen LogP contribution in [0.5, 0.6) is 5.75 Å². The molecule has 1 aromatic carbocycles. The van der Waals surface area contributed by atoms with Crippen LogP contribution in [-0.2, 0) is 10.0 Å². The van der Waals surface area contributed by atoms with Crippen LogP contribution in [0.2, 0.25) is 0 Å². The molecule has 5 nitrogen and oxygen atoms in total. The second kappa shape index (κ2) is 6.14. The van der Waals surface area contributed by atoms with Gasteiger partial charge in [-0.2, -0.15) is 4.31 Å². The minimum atomic E-state index is -3.91. The van der Waals surface area contributed by atoms with Crippen molar-refractivity contribution in [3.63, 3.8) is 0 Å². The highest BCUT2D eigenvalue weighted by atomic mass is 32.2. The van der Waals surface area contributed by atoms with E-state index in [9.17, 15) is 17.9 Å². The number of ether oxygens (including phenoxy) is 1. The third-order valence-corrected chi connectivity index (χ3v) is 5.83. The van der Waals surface area contributed by atoms with E-state index in [0.29, 0.717) is 0 Å². The molecule has 7 heteroatoms. The van der Waals surface area contributed by atoms with Gasteiger partial charge in [0, 0.05) is 13.1 Å². The Labute approximate surface area is 130 Å². The number of rotatable bonds is 4. The van der Waals surface area contributed by atoms with Crippen LogP contribution in [0.4, 0.5) is 4.39 Å². The minimum Gasteiger partial charge on any atom is -0.495 e. The highest BCUT2D eigenvalue weighted by Crippen LogP contribution is 2.34. The highest BCUT2D eigenvalue weighted by Gasteiger charge is 2.40. The van der Waals surface area contributed by atoms with Gasteiger partial charge in [0.1, 0.15) is 22.9 Å². The Balaban J connectivity index is 2.52. The molecule has 1 saturated heterocycles. The van der Waals surface area contributed by atoms with Crippen molar-refractivity contribution in [3.8, 4) is 5.75 Å². The zero-order chi connectivity index (χ0) is 16.7. The fourth-order valence-electron chi connectivity index (χ4n) is 2.71. The van der Waals surface area contributed by atoms with Gasteiger partial charge in [-0.3, -0.25) is 0 Å². The van der Waals surface area contributed by atoms with Gasteiger partial charge in [-0.1, -0.05) is 13.8 Å². The van der Waals surface area contributed by atoms with Gasteiger partial charge in [0.2, 0.25) is 10.0 Å². The monoisotopic (exact) mass is 331 g/mol. The minimum absolute atomic E-state index is 0.0191. The zero-order valence-corrected chi connectivity index (χ0v) is 14.0. The number of β-amino-alcohol motifs (C(OH)–C–C–N with tert-alkyl or cyclic N) is 1. The number of nitrogens with zero attached hydrogens (tertiary/aromatic N) is 1. The Kier molecular flexibility index (Phi) is 4.79. The van der Waals surface area contributed by atoms with E-state index in [1.54, 1.807) is 12.1 Å². The lowest BCUT2D eigenvalue weighted by Gasteiger charge is -2.20. The van der Waals surface area contributed by atoms with Crippen molar-refractivity contribution in [1.29, 1.82) is 0 Å².